The van der Waals surface area contributed by atoms with Crippen LogP contribution in [0.3, 0.4) is 0 Å². The van der Waals surface area contributed by atoms with E-state index in [1.54, 1.807) is 9.13 Å². The highest BCUT2D eigenvalue weighted by Crippen LogP contribution is 2.31. The molecule has 0 saturated carbocycles. The van der Waals surface area contributed by atoms with Crippen molar-refractivity contribution in [3.8, 4) is 0 Å². The molecule has 0 spiro atoms. The number of aryl methyl sites for hydroxylation is 2. The van der Waals surface area contributed by atoms with Gasteiger partial charge in [-0.25, -0.2) is 4.79 Å². The number of likely N-dealkylation sites (tertiary alicyclic amines) is 1. The fourth-order valence-corrected chi connectivity index (χ4v) is 4.16. The van der Waals surface area contributed by atoms with Crippen LogP contribution in [-0.4, -0.2) is 54.3 Å². The molecule has 1 fully saturated rings. The van der Waals surface area contributed by atoms with E-state index >= 15 is 0 Å². The number of anilines is 2. The number of nitrogens with zero attached hydrogens (tertiary/aromatic N) is 4. The normalized spacial score (nSPS) is 16.1. The van der Waals surface area contributed by atoms with Gasteiger partial charge in [-0.15, -0.1) is 0 Å². The van der Waals surface area contributed by atoms with E-state index in [0.29, 0.717) is 0 Å². The van der Waals surface area contributed by atoms with Crippen LogP contribution in [0.2, 0.25) is 0 Å². The van der Waals surface area contributed by atoms with Gasteiger partial charge in [0, 0.05) is 41.3 Å². The van der Waals surface area contributed by atoms with Crippen molar-refractivity contribution >= 4 is 22.4 Å². The molecule has 1 saturated heterocycles. The number of aromatic nitrogens is 2. The highest BCUT2D eigenvalue weighted by Gasteiger charge is 2.24. The Labute approximate surface area is 162 Å². The zero-order chi connectivity index (χ0) is 19.8. The molecule has 1 aliphatic heterocycles. The second-order valence-corrected chi connectivity index (χ2v) is 9.01. The zero-order valence-corrected chi connectivity index (χ0v) is 17.8. The molecule has 0 radical (unpaired) electrons. The van der Waals surface area contributed by atoms with Gasteiger partial charge in [0.15, 0.2) is 0 Å². The second kappa shape index (κ2) is 7.58. The fourth-order valence-electron chi connectivity index (χ4n) is 4.16. The van der Waals surface area contributed by atoms with Crippen molar-refractivity contribution < 1.29 is 0 Å². The number of hydrogen-bond donors (Lipinski definition) is 1. The van der Waals surface area contributed by atoms with Gasteiger partial charge in [0.05, 0.1) is 22.4 Å². The molecule has 0 amide bonds. The summed E-state index contributed by atoms with van der Waals surface area (Å²) in [5.41, 5.74) is 4.31. The summed E-state index contributed by atoms with van der Waals surface area (Å²) in [4.78, 5) is 17.0. The maximum atomic E-state index is 12.3. The van der Waals surface area contributed by atoms with E-state index in [1.807, 2.05) is 28.2 Å². The summed E-state index contributed by atoms with van der Waals surface area (Å²) in [5, 5.41) is 3.68. The first-order valence-corrected chi connectivity index (χ1v) is 10.0. The molecule has 0 aliphatic carbocycles. The molecule has 1 aromatic carbocycles. The van der Waals surface area contributed by atoms with Gasteiger partial charge in [-0.2, -0.15) is 0 Å². The summed E-state index contributed by atoms with van der Waals surface area (Å²) in [5.74, 6) is 0. The van der Waals surface area contributed by atoms with Crippen LogP contribution in [0.25, 0.3) is 11.0 Å². The van der Waals surface area contributed by atoms with Gasteiger partial charge in [-0.1, -0.05) is 20.3 Å². The molecule has 0 atom stereocenters. The number of benzene rings is 1. The van der Waals surface area contributed by atoms with Gasteiger partial charge in [0.2, 0.25) is 0 Å². The van der Waals surface area contributed by atoms with Crippen LogP contribution in [0.4, 0.5) is 11.4 Å². The minimum absolute atomic E-state index is 0.0114. The first-order valence-electron chi connectivity index (χ1n) is 10.0. The monoisotopic (exact) mass is 373 g/mol. The van der Waals surface area contributed by atoms with E-state index in [4.69, 9.17) is 0 Å². The van der Waals surface area contributed by atoms with Crippen molar-refractivity contribution in [2.24, 2.45) is 19.5 Å². The maximum absolute atomic E-state index is 12.3. The van der Waals surface area contributed by atoms with Crippen LogP contribution >= 0.6 is 0 Å². The van der Waals surface area contributed by atoms with Gasteiger partial charge in [-0.05, 0) is 43.5 Å². The molecule has 150 valence electrons. The largest absolute Gasteiger partial charge is 0.383 e. The maximum Gasteiger partial charge on any atom is 0.328 e. The molecule has 0 bridgehead atoms. The molecular weight excluding hydrogens is 338 g/mol. The minimum atomic E-state index is 0.0114. The Hall–Kier alpha value is -1.95. The SMILES string of the molecule is CN(C)c1cc2c(cc1NCC(C)(C)CN1CCCCC1)n(C)c(=O)n2C. The van der Waals surface area contributed by atoms with Crippen molar-refractivity contribution in [2.45, 2.75) is 33.1 Å². The number of hydrogen-bond acceptors (Lipinski definition) is 4. The van der Waals surface area contributed by atoms with E-state index in [2.05, 4.69) is 41.1 Å². The van der Waals surface area contributed by atoms with Crippen LogP contribution in [0, 0.1) is 5.41 Å². The Morgan fingerprint density at radius 1 is 1.04 bits per heavy atom. The van der Waals surface area contributed by atoms with Crippen LogP contribution < -0.4 is 15.9 Å². The fraction of sp³-hybridized carbons (Fsp3) is 0.667. The molecule has 6 heteroatoms. The third-order valence-electron chi connectivity index (χ3n) is 5.73. The number of fused-ring (bicyclic) bond motifs is 1. The standard InChI is InChI=1S/C21H35N5O/c1-21(2,15-26-10-8-7-9-11-26)14-22-16-12-18-19(13-17(16)23(3)4)25(6)20(27)24(18)5/h12-13,22H,7-11,14-15H2,1-6H3. The summed E-state index contributed by atoms with van der Waals surface area (Å²) in [6, 6.07) is 4.22. The van der Waals surface area contributed by atoms with Crippen molar-refractivity contribution in [1.29, 1.82) is 0 Å². The van der Waals surface area contributed by atoms with E-state index in [1.165, 1.54) is 32.4 Å². The highest BCUT2D eigenvalue weighted by atomic mass is 16.1. The van der Waals surface area contributed by atoms with E-state index in [0.717, 1.165) is 35.5 Å². The van der Waals surface area contributed by atoms with Gasteiger partial charge >= 0.3 is 5.69 Å². The van der Waals surface area contributed by atoms with Crippen molar-refractivity contribution in [1.82, 2.24) is 14.0 Å². The summed E-state index contributed by atoms with van der Waals surface area (Å²) in [7, 11) is 7.77. The Morgan fingerprint density at radius 3 is 2.22 bits per heavy atom. The minimum Gasteiger partial charge on any atom is -0.383 e. The molecule has 1 aromatic heterocycles. The molecule has 6 nitrogen and oxygen atoms in total. The van der Waals surface area contributed by atoms with Gasteiger partial charge in [-0.3, -0.25) is 9.13 Å². The molecule has 1 N–H and O–H groups in total. The third kappa shape index (κ3) is 4.15. The highest BCUT2D eigenvalue weighted by molar-refractivity contribution is 5.88. The lowest BCUT2D eigenvalue weighted by Crippen LogP contribution is -2.40. The lowest BCUT2D eigenvalue weighted by atomic mass is 9.91. The first kappa shape index (κ1) is 19.8. The Balaban J connectivity index is 1.83. The van der Waals surface area contributed by atoms with Gasteiger partial charge < -0.3 is 15.1 Å². The predicted octanol–water partition coefficient (Wildman–Crippen LogP) is 2.87. The van der Waals surface area contributed by atoms with E-state index in [9.17, 15) is 4.79 Å². The van der Waals surface area contributed by atoms with Crippen molar-refractivity contribution in [3.05, 3.63) is 22.6 Å². The Kier molecular flexibility index (Phi) is 5.56. The summed E-state index contributed by atoms with van der Waals surface area (Å²) >= 11 is 0. The predicted molar refractivity (Wildman–Crippen MR) is 115 cm³/mol. The smallest absolute Gasteiger partial charge is 0.328 e. The number of rotatable bonds is 6. The van der Waals surface area contributed by atoms with Crippen LogP contribution in [0.5, 0.6) is 0 Å². The number of piperidine rings is 1. The molecule has 3 rings (SSSR count). The molecule has 1 aliphatic rings. The Bertz CT molecular complexity index is 856. The van der Waals surface area contributed by atoms with Crippen molar-refractivity contribution in [3.63, 3.8) is 0 Å². The number of imidazole rings is 1. The quantitative estimate of drug-likeness (QED) is 0.846. The average molecular weight is 374 g/mol. The molecule has 2 aromatic rings. The van der Waals surface area contributed by atoms with E-state index in [-0.39, 0.29) is 11.1 Å². The Morgan fingerprint density at radius 2 is 1.63 bits per heavy atom. The third-order valence-corrected chi connectivity index (χ3v) is 5.73. The number of nitrogens with one attached hydrogen (secondary N) is 1. The van der Waals surface area contributed by atoms with Crippen LogP contribution in [0.15, 0.2) is 16.9 Å². The van der Waals surface area contributed by atoms with E-state index < -0.39 is 0 Å². The topological polar surface area (TPSA) is 45.4 Å². The lowest BCUT2D eigenvalue weighted by molar-refractivity contribution is 0.160. The van der Waals surface area contributed by atoms with Crippen LogP contribution in [0.1, 0.15) is 33.1 Å². The van der Waals surface area contributed by atoms with Crippen LogP contribution in [-0.2, 0) is 14.1 Å². The molecule has 2 heterocycles. The lowest BCUT2D eigenvalue weighted by Gasteiger charge is -2.35. The molecule has 27 heavy (non-hydrogen) atoms. The molecule has 0 unspecified atom stereocenters. The molecular formula is C21H35N5O. The van der Waals surface area contributed by atoms with Crippen molar-refractivity contribution in [2.75, 3.05) is 50.5 Å². The summed E-state index contributed by atoms with van der Waals surface area (Å²) < 4.78 is 3.44. The van der Waals surface area contributed by atoms with Gasteiger partial charge in [0.1, 0.15) is 0 Å². The van der Waals surface area contributed by atoms with Gasteiger partial charge in [0.25, 0.3) is 0 Å². The average Bonchev–Trinajstić information content (AvgIpc) is 2.83. The zero-order valence-electron chi connectivity index (χ0n) is 17.8. The summed E-state index contributed by atoms with van der Waals surface area (Å²) in [6.07, 6.45) is 4.02. The summed E-state index contributed by atoms with van der Waals surface area (Å²) in [6.45, 7) is 9.14. The second-order valence-electron chi connectivity index (χ2n) is 9.01. The first-order chi connectivity index (χ1) is 12.7.